The highest BCUT2D eigenvalue weighted by molar-refractivity contribution is 6.63. The van der Waals surface area contributed by atoms with Gasteiger partial charge in [-0.25, -0.2) is 0 Å². The first-order valence-corrected chi connectivity index (χ1v) is 7.03. The van der Waals surface area contributed by atoms with E-state index in [1.54, 1.807) is 6.07 Å². The molecule has 0 unspecified atom stereocenters. The summed E-state index contributed by atoms with van der Waals surface area (Å²) >= 11 is 5.22. The molecular formula is C15H16ClN3O2. The van der Waals surface area contributed by atoms with Gasteiger partial charge in [0.1, 0.15) is 5.69 Å². The molecule has 1 aromatic heterocycles. The maximum absolute atomic E-state index is 11.9. The van der Waals surface area contributed by atoms with Gasteiger partial charge in [-0.15, -0.1) is 0 Å². The maximum atomic E-state index is 11.9. The monoisotopic (exact) mass is 305 g/mol. The van der Waals surface area contributed by atoms with E-state index in [-0.39, 0.29) is 12.3 Å². The molecular weight excluding hydrogens is 290 g/mol. The molecule has 2 rings (SSSR count). The molecule has 0 fully saturated rings. The first-order valence-electron chi connectivity index (χ1n) is 6.65. The Morgan fingerprint density at radius 1 is 1.29 bits per heavy atom. The molecule has 2 N–H and O–H groups in total. The van der Waals surface area contributed by atoms with Crippen LogP contribution >= 0.6 is 11.6 Å². The number of hydrogen-bond acceptors (Lipinski definition) is 3. The Bertz CT molecular complexity index is 635. The number of halogens is 1. The van der Waals surface area contributed by atoms with E-state index in [2.05, 4.69) is 15.5 Å². The van der Waals surface area contributed by atoms with Crippen LogP contribution in [0.25, 0.3) is 11.3 Å². The van der Waals surface area contributed by atoms with E-state index in [1.807, 2.05) is 31.2 Å². The summed E-state index contributed by atoms with van der Waals surface area (Å²) in [4.78, 5) is 22.5. The first kappa shape index (κ1) is 15.3. The van der Waals surface area contributed by atoms with Crippen molar-refractivity contribution in [3.63, 3.8) is 0 Å². The number of H-pyrrole nitrogens is 1. The third kappa shape index (κ3) is 4.43. The molecule has 0 spiro atoms. The van der Waals surface area contributed by atoms with Gasteiger partial charge < -0.3 is 5.32 Å². The molecule has 0 saturated heterocycles. The number of nitrogens with zero attached hydrogens (tertiary/aromatic N) is 1. The first-order chi connectivity index (χ1) is 10.1. The van der Waals surface area contributed by atoms with Crippen LogP contribution in [-0.4, -0.2) is 27.9 Å². The Kier molecular flexibility index (Phi) is 5.11. The average molecular weight is 306 g/mol. The normalized spacial score (nSPS) is 10.4. The molecule has 5 nitrogen and oxygen atoms in total. The topological polar surface area (TPSA) is 74.8 Å². The van der Waals surface area contributed by atoms with Crippen LogP contribution in [0, 0.1) is 6.92 Å². The molecule has 1 aromatic carbocycles. The van der Waals surface area contributed by atoms with Gasteiger partial charge in [0.15, 0.2) is 0 Å². The summed E-state index contributed by atoms with van der Waals surface area (Å²) < 4.78 is 0. The number of rotatable bonds is 6. The number of amides is 1. The molecule has 1 heterocycles. The molecule has 0 radical (unpaired) electrons. The van der Waals surface area contributed by atoms with Crippen LogP contribution in [0.3, 0.4) is 0 Å². The van der Waals surface area contributed by atoms with Gasteiger partial charge in [0.05, 0.1) is 5.69 Å². The highest BCUT2D eigenvalue weighted by atomic mass is 35.5. The van der Waals surface area contributed by atoms with Crippen molar-refractivity contribution < 1.29 is 9.59 Å². The predicted molar refractivity (Wildman–Crippen MR) is 81.2 cm³/mol. The smallest absolute Gasteiger partial charge is 0.269 e. The number of carbonyl (C=O) groups is 2. The van der Waals surface area contributed by atoms with Crippen molar-refractivity contribution in [1.82, 2.24) is 15.5 Å². The van der Waals surface area contributed by atoms with Gasteiger partial charge in [0, 0.05) is 18.5 Å². The number of carbonyl (C=O) groups excluding carboxylic acids is 2. The number of aryl methyl sites for hydroxylation is 1. The number of aromatic nitrogens is 2. The molecule has 21 heavy (non-hydrogen) atoms. The quantitative estimate of drug-likeness (QED) is 0.636. The summed E-state index contributed by atoms with van der Waals surface area (Å²) in [7, 11) is 0. The van der Waals surface area contributed by atoms with Gasteiger partial charge in [-0.2, -0.15) is 5.10 Å². The van der Waals surface area contributed by atoms with Gasteiger partial charge >= 0.3 is 0 Å². The third-order valence-electron chi connectivity index (χ3n) is 3.01. The SMILES string of the molecule is Cc1ccc(-c2cc(C(=O)NCCCC(=O)Cl)[nH]n2)cc1. The molecule has 0 aliphatic heterocycles. The van der Waals surface area contributed by atoms with E-state index in [4.69, 9.17) is 11.6 Å². The van der Waals surface area contributed by atoms with Crippen molar-refractivity contribution in [3.05, 3.63) is 41.6 Å². The minimum Gasteiger partial charge on any atom is -0.351 e. The van der Waals surface area contributed by atoms with Crippen LogP contribution in [0.4, 0.5) is 0 Å². The Morgan fingerprint density at radius 2 is 2.00 bits per heavy atom. The second-order valence-corrected chi connectivity index (χ2v) is 5.17. The fourth-order valence-electron chi connectivity index (χ4n) is 1.83. The largest absolute Gasteiger partial charge is 0.351 e. The third-order valence-corrected chi connectivity index (χ3v) is 3.19. The van der Waals surface area contributed by atoms with Crippen molar-refractivity contribution in [3.8, 4) is 11.3 Å². The van der Waals surface area contributed by atoms with E-state index in [0.29, 0.717) is 18.7 Å². The van der Waals surface area contributed by atoms with Gasteiger partial charge in [0.25, 0.3) is 5.91 Å². The van der Waals surface area contributed by atoms with Crippen LogP contribution in [0.1, 0.15) is 28.9 Å². The van der Waals surface area contributed by atoms with Crippen molar-refractivity contribution in [2.45, 2.75) is 19.8 Å². The van der Waals surface area contributed by atoms with E-state index < -0.39 is 5.24 Å². The van der Waals surface area contributed by atoms with Crippen LogP contribution in [-0.2, 0) is 4.79 Å². The maximum Gasteiger partial charge on any atom is 0.269 e. The van der Waals surface area contributed by atoms with E-state index in [1.165, 1.54) is 5.56 Å². The van der Waals surface area contributed by atoms with Gasteiger partial charge in [0.2, 0.25) is 5.24 Å². The van der Waals surface area contributed by atoms with E-state index in [9.17, 15) is 9.59 Å². The zero-order chi connectivity index (χ0) is 15.2. The molecule has 6 heteroatoms. The van der Waals surface area contributed by atoms with Crippen LogP contribution in [0.5, 0.6) is 0 Å². The Morgan fingerprint density at radius 3 is 2.67 bits per heavy atom. The molecule has 0 aliphatic carbocycles. The summed E-state index contributed by atoms with van der Waals surface area (Å²) in [5.41, 5.74) is 3.23. The Hall–Kier alpha value is -2.14. The summed E-state index contributed by atoms with van der Waals surface area (Å²) in [6, 6.07) is 9.60. The molecule has 0 atom stereocenters. The minimum atomic E-state index is -0.396. The summed E-state index contributed by atoms with van der Waals surface area (Å²) in [6.07, 6.45) is 0.770. The van der Waals surface area contributed by atoms with Gasteiger partial charge in [-0.1, -0.05) is 29.8 Å². The highest BCUT2D eigenvalue weighted by Crippen LogP contribution is 2.18. The lowest BCUT2D eigenvalue weighted by Gasteiger charge is -2.01. The predicted octanol–water partition coefficient (Wildman–Crippen LogP) is 2.66. The van der Waals surface area contributed by atoms with Gasteiger partial charge in [-0.3, -0.25) is 14.7 Å². The van der Waals surface area contributed by atoms with Crippen molar-refractivity contribution in [1.29, 1.82) is 0 Å². The second-order valence-electron chi connectivity index (χ2n) is 4.75. The van der Waals surface area contributed by atoms with Crippen molar-refractivity contribution in [2.75, 3.05) is 6.54 Å². The molecule has 0 aliphatic rings. The van der Waals surface area contributed by atoms with Crippen LogP contribution in [0.2, 0.25) is 0 Å². The molecule has 0 saturated carbocycles. The van der Waals surface area contributed by atoms with Crippen molar-refractivity contribution in [2.24, 2.45) is 0 Å². The lowest BCUT2D eigenvalue weighted by atomic mass is 10.1. The lowest BCUT2D eigenvalue weighted by Crippen LogP contribution is -2.25. The van der Waals surface area contributed by atoms with E-state index in [0.717, 1.165) is 11.3 Å². The van der Waals surface area contributed by atoms with Crippen LogP contribution in [0.15, 0.2) is 30.3 Å². The fraction of sp³-hybridized carbons (Fsp3) is 0.267. The Labute approximate surface area is 127 Å². The number of benzene rings is 1. The van der Waals surface area contributed by atoms with Crippen LogP contribution < -0.4 is 5.32 Å². The number of hydrogen-bond donors (Lipinski definition) is 2. The van der Waals surface area contributed by atoms with E-state index >= 15 is 0 Å². The van der Waals surface area contributed by atoms with Crippen molar-refractivity contribution >= 4 is 22.8 Å². The summed E-state index contributed by atoms with van der Waals surface area (Å²) in [6.45, 7) is 2.41. The minimum absolute atomic E-state index is 0.247. The Balaban J connectivity index is 1.94. The zero-order valence-corrected chi connectivity index (χ0v) is 12.4. The fourth-order valence-corrected chi connectivity index (χ4v) is 1.97. The van der Waals surface area contributed by atoms with Gasteiger partial charge in [-0.05, 0) is 31.0 Å². The zero-order valence-electron chi connectivity index (χ0n) is 11.6. The standard InChI is InChI=1S/C15H16ClN3O2/c1-10-4-6-11(7-5-10)12-9-13(19-18-12)15(21)17-8-2-3-14(16)20/h4-7,9H,2-3,8H2,1H3,(H,17,21)(H,18,19). The number of aromatic amines is 1. The summed E-state index contributed by atoms with van der Waals surface area (Å²) in [5.74, 6) is -0.247. The number of nitrogens with one attached hydrogen (secondary N) is 2. The molecule has 2 aromatic rings. The molecule has 1 amide bonds. The molecule has 0 bridgehead atoms. The average Bonchev–Trinajstić information content (AvgIpc) is 2.94. The lowest BCUT2D eigenvalue weighted by molar-refractivity contribution is -0.111. The summed E-state index contributed by atoms with van der Waals surface area (Å²) in [5, 5.41) is 9.16. The highest BCUT2D eigenvalue weighted by Gasteiger charge is 2.10. The second kappa shape index (κ2) is 7.04. The molecule has 110 valence electrons.